The first-order valence-electron chi connectivity index (χ1n) is 24.5. The Morgan fingerprint density at radius 3 is 1.46 bits per heavy atom. The predicted molar refractivity (Wildman–Crippen MR) is 278 cm³/mol. The molecule has 2 aromatic rings. The van der Waals surface area contributed by atoms with Gasteiger partial charge in [-0.05, 0) is 88.5 Å². The molecular formula is C52H79IN2O12S2. The van der Waals surface area contributed by atoms with Gasteiger partial charge in [0.15, 0.2) is 0 Å². The van der Waals surface area contributed by atoms with E-state index in [2.05, 4.69) is 32.6 Å². The number of aliphatic hydroxyl groups excluding tert-OH is 5. The summed E-state index contributed by atoms with van der Waals surface area (Å²) in [5.74, 6) is -3.25. The second-order valence-corrected chi connectivity index (χ2v) is 24.8. The number of alkyl halides is 1. The lowest BCUT2D eigenvalue weighted by Crippen LogP contribution is -2.45. The van der Waals surface area contributed by atoms with Crippen molar-refractivity contribution in [3.8, 4) is 0 Å². The van der Waals surface area contributed by atoms with Crippen molar-refractivity contribution in [2.24, 2.45) is 34.5 Å². The fraction of sp³-hybridized carbons (Fsp3) is 0.731. The van der Waals surface area contributed by atoms with Crippen LogP contribution in [0.2, 0.25) is 0 Å². The first kappa shape index (κ1) is 59.1. The van der Waals surface area contributed by atoms with E-state index in [9.17, 15) is 44.7 Å². The zero-order valence-corrected chi connectivity index (χ0v) is 46.4. The van der Waals surface area contributed by atoms with Gasteiger partial charge in [-0.2, -0.15) is 0 Å². The predicted octanol–water partition coefficient (Wildman–Crippen LogP) is 8.57. The lowest BCUT2D eigenvalue weighted by Gasteiger charge is -2.35. The van der Waals surface area contributed by atoms with Crippen LogP contribution in [-0.4, -0.2) is 118 Å². The quantitative estimate of drug-likeness (QED) is 0.0837. The summed E-state index contributed by atoms with van der Waals surface area (Å²) in [6.45, 7) is 21.3. The number of ketones is 2. The number of esters is 2. The Kier molecular flexibility index (Phi) is 22.2. The third kappa shape index (κ3) is 16.8. The highest BCUT2D eigenvalue weighted by Gasteiger charge is 2.45. The molecule has 5 N–H and O–H groups in total. The molecular weight excluding hydrogens is 1040 g/mol. The van der Waals surface area contributed by atoms with Crippen LogP contribution in [0.25, 0.3) is 12.2 Å². The van der Waals surface area contributed by atoms with Gasteiger partial charge in [0.25, 0.3) is 0 Å². The summed E-state index contributed by atoms with van der Waals surface area (Å²) in [5, 5.41) is 59.8. The van der Waals surface area contributed by atoms with E-state index in [-0.39, 0.29) is 52.4 Å². The molecule has 3 unspecified atom stereocenters. The Labute approximate surface area is 431 Å². The molecule has 0 amide bonds. The molecule has 0 radical (unpaired) electrons. The van der Waals surface area contributed by atoms with Gasteiger partial charge in [-0.1, -0.05) is 90.8 Å². The highest BCUT2D eigenvalue weighted by Crippen LogP contribution is 2.38. The van der Waals surface area contributed by atoms with Crippen molar-refractivity contribution in [1.29, 1.82) is 0 Å². The molecule has 17 heteroatoms. The highest BCUT2D eigenvalue weighted by atomic mass is 127. The standard InChI is InChI=1S/C26H40INO6S.C26H39NO6S/c1-14-8-7-9-20(29)19(27)11-21(15(2)10-18-13-35-17(4)28-18)34-23(31)12-22(30)26(5,6)25(33)16(3)24(14)32;1-14-8-7-9-19-21(32-19)11-20(15(2)10-18-13-34-17(4)27-18)33-23(29)12-22(28)26(5,6)25(31)16(3)24(14)30/h10,13-14,16,19-22,24,29-30,32H,7-9,11-12H2,1-6H3;10,13-14,16,19-22,24,28,30H,7-9,11-12H2,1-6H3/b2*15-10+/t14-,16+,19+,20+,21?,22-,24-;14-,16+,19-,20?,21?,22-,24-/m00/s1. The summed E-state index contributed by atoms with van der Waals surface area (Å²) in [4.78, 5) is 61.0. The largest absolute Gasteiger partial charge is 0.458 e. The summed E-state index contributed by atoms with van der Waals surface area (Å²) in [7, 11) is 0. The summed E-state index contributed by atoms with van der Waals surface area (Å²) < 4.78 is 17.3. The Balaban J connectivity index is 0.000000301. The minimum atomic E-state index is -1.26. The van der Waals surface area contributed by atoms with Gasteiger partial charge in [0.05, 0.1) is 87.8 Å². The average molecular weight is 1120 g/mol. The van der Waals surface area contributed by atoms with E-state index < -0.39 is 77.3 Å². The van der Waals surface area contributed by atoms with Crippen molar-refractivity contribution >= 4 is 80.9 Å². The van der Waals surface area contributed by atoms with Crippen molar-refractivity contribution in [3.63, 3.8) is 0 Å². The molecule has 0 aliphatic carbocycles. The van der Waals surface area contributed by atoms with E-state index in [0.29, 0.717) is 32.1 Å². The zero-order valence-electron chi connectivity index (χ0n) is 42.6. The number of carbonyl (C=O) groups excluding carboxylic acids is 4. The number of aromatic nitrogens is 2. The fourth-order valence-corrected chi connectivity index (χ4v) is 11.2. The number of carbonyl (C=O) groups is 4. The van der Waals surface area contributed by atoms with E-state index in [4.69, 9.17) is 14.2 Å². The van der Waals surface area contributed by atoms with Crippen LogP contribution in [0.1, 0.15) is 155 Å². The van der Waals surface area contributed by atoms with Gasteiger partial charge in [-0.25, -0.2) is 9.97 Å². The van der Waals surface area contributed by atoms with E-state index in [1.54, 1.807) is 52.9 Å². The summed E-state index contributed by atoms with van der Waals surface area (Å²) in [6, 6.07) is 0. The van der Waals surface area contributed by atoms with Crippen LogP contribution in [0.4, 0.5) is 0 Å². The van der Waals surface area contributed by atoms with Gasteiger partial charge < -0.3 is 39.7 Å². The molecule has 69 heavy (non-hydrogen) atoms. The minimum Gasteiger partial charge on any atom is -0.458 e. The van der Waals surface area contributed by atoms with E-state index >= 15 is 0 Å². The number of epoxide rings is 1. The van der Waals surface area contributed by atoms with Crippen LogP contribution >= 0.6 is 45.3 Å². The number of cyclic esters (lactones) is 2. The maximum atomic E-state index is 13.2. The molecule has 5 rings (SSSR count). The first-order valence-corrected chi connectivity index (χ1v) is 27.5. The zero-order chi connectivity index (χ0) is 51.7. The van der Waals surface area contributed by atoms with E-state index in [1.807, 2.05) is 64.5 Å². The molecule has 3 saturated heterocycles. The fourth-order valence-electron chi connectivity index (χ4n) is 9.26. The number of Topliss-reactive ketones (excluding diaryl/α,β-unsaturated/α-hetero) is 2. The third-order valence-corrected chi connectivity index (χ3v) is 17.5. The van der Waals surface area contributed by atoms with Crippen molar-refractivity contribution in [2.75, 3.05) is 0 Å². The van der Waals surface area contributed by atoms with Crippen molar-refractivity contribution in [1.82, 2.24) is 9.97 Å². The molecule has 0 aromatic carbocycles. The Morgan fingerprint density at radius 2 is 1.06 bits per heavy atom. The Morgan fingerprint density at radius 1 is 0.652 bits per heavy atom. The normalized spacial score (nSPS) is 35.2. The summed E-state index contributed by atoms with van der Waals surface area (Å²) >= 11 is 5.29. The number of halogens is 1. The molecule has 3 aliphatic rings. The van der Waals surface area contributed by atoms with Gasteiger partial charge in [-0.3, -0.25) is 19.2 Å². The number of aryl methyl sites for hydroxylation is 2. The molecule has 3 aliphatic heterocycles. The monoisotopic (exact) mass is 1110 g/mol. The summed E-state index contributed by atoms with van der Waals surface area (Å²) in [6.07, 6.45) is 2.82. The van der Waals surface area contributed by atoms with E-state index in [0.717, 1.165) is 51.8 Å². The van der Waals surface area contributed by atoms with Gasteiger partial charge >= 0.3 is 11.9 Å². The van der Waals surface area contributed by atoms with Gasteiger partial charge in [0.2, 0.25) is 0 Å². The second kappa shape index (κ2) is 25.9. The Bertz CT molecular complexity index is 2100. The molecule has 3 fully saturated rings. The first-order chi connectivity index (χ1) is 32.1. The van der Waals surface area contributed by atoms with Crippen molar-refractivity contribution in [3.05, 3.63) is 43.3 Å². The number of fused-ring (bicyclic) bond motifs is 1. The maximum absolute atomic E-state index is 13.2. The molecule has 0 bridgehead atoms. The van der Waals surface area contributed by atoms with Crippen LogP contribution in [0.5, 0.6) is 0 Å². The minimum absolute atomic E-state index is 0.00770. The van der Waals surface area contributed by atoms with Crippen molar-refractivity contribution < 1.29 is 58.9 Å². The number of rotatable bonds is 4. The maximum Gasteiger partial charge on any atom is 0.309 e. The van der Waals surface area contributed by atoms with Gasteiger partial charge in [0.1, 0.15) is 23.8 Å². The van der Waals surface area contributed by atoms with Crippen LogP contribution < -0.4 is 0 Å². The molecule has 2 aromatic heterocycles. The third-order valence-electron chi connectivity index (χ3n) is 14.6. The number of hydrogen-bond acceptors (Lipinski definition) is 16. The smallest absolute Gasteiger partial charge is 0.309 e. The van der Waals surface area contributed by atoms with Crippen LogP contribution in [0.3, 0.4) is 0 Å². The molecule has 388 valence electrons. The highest BCUT2D eigenvalue weighted by molar-refractivity contribution is 14.1. The topological polar surface area (TPSA) is 226 Å². The van der Waals surface area contributed by atoms with E-state index in [1.165, 1.54) is 11.3 Å². The molecule has 14 atom stereocenters. The molecule has 5 heterocycles. The lowest BCUT2D eigenvalue weighted by molar-refractivity contribution is -0.156. The number of hydrogen-bond donors (Lipinski definition) is 5. The van der Waals surface area contributed by atoms with Gasteiger partial charge in [0, 0.05) is 39.4 Å². The van der Waals surface area contributed by atoms with Gasteiger partial charge in [-0.15, -0.1) is 22.7 Å². The van der Waals surface area contributed by atoms with Crippen LogP contribution in [0.15, 0.2) is 21.9 Å². The molecule has 0 saturated carbocycles. The molecule has 0 spiro atoms. The average Bonchev–Trinajstić information content (AvgIpc) is 3.67. The Hall–Kier alpha value is -2.49. The summed E-state index contributed by atoms with van der Waals surface area (Å²) in [5.41, 5.74) is 0.852. The number of ether oxygens (including phenoxy) is 3. The van der Waals surface area contributed by atoms with Crippen LogP contribution in [0, 0.1) is 48.3 Å². The van der Waals surface area contributed by atoms with Crippen molar-refractivity contribution in [2.45, 2.75) is 206 Å². The lowest BCUT2D eigenvalue weighted by atomic mass is 9.73. The SMILES string of the molecule is C/C(=C\c1csc(C)n1)C1CC2O[C@H]2CCC[C@H](C)[C@H](O)[C@@H](C)C(=O)C(C)(C)[C@@H](O)CC(=O)O1.C/C(=C\c1csc(C)n1)C1C[C@@H](I)[C@H](O)CCC[C@H](C)[C@H](O)[C@@H](C)C(=O)C(C)(C)[C@@H](O)CC(=O)O1. The molecule has 14 nitrogen and oxygen atoms in total. The number of nitrogens with zero attached hydrogens (tertiary/aromatic N) is 2. The number of thiazole rings is 2. The van der Waals surface area contributed by atoms with Crippen LogP contribution in [-0.2, 0) is 33.4 Å². The second-order valence-electron chi connectivity index (χ2n) is 21.1. The number of aliphatic hydroxyl groups is 5.